The van der Waals surface area contributed by atoms with Crippen LogP contribution in [0.4, 0.5) is 24.7 Å². The van der Waals surface area contributed by atoms with E-state index in [-0.39, 0.29) is 41.9 Å². The number of halogens is 3. The largest absolute Gasteiger partial charge is 0.495 e. The summed E-state index contributed by atoms with van der Waals surface area (Å²) in [5.41, 5.74) is 5.64. The molecular formula is C30H34F3N5O4. The third kappa shape index (κ3) is 7.49. The van der Waals surface area contributed by atoms with E-state index in [4.69, 9.17) is 15.2 Å². The topological polar surface area (TPSA) is 119 Å². The van der Waals surface area contributed by atoms with Crippen LogP contribution >= 0.6 is 0 Å². The number of nitrogens with one attached hydrogen (secondary N) is 2. The number of hydrogen-bond donors (Lipinski definition) is 3. The molecule has 0 radical (unpaired) electrons. The van der Waals surface area contributed by atoms with E-state index < -0.39 is 23.5 Å². The zero-order chi connectivity index (χ0) is 30.4. The number of rotatable bonds is 10. The van der Waals surface area contributed by atoms with Crippen LogP contribution in [0.1, 0.15) is 46.8 Å². The minimum atomic E-state index is -4.76. The van der Waals surface area contributed by atoms with Gasteiger partial charge in [-0.25, -0.2) is 0 Å². The fraction of sp³-hybridized carbons (Fsp3) is 0.367. The van der Waals surface area contributed by atoms with Crippen molar-refractivity contribution in [2.75, 3.05) is 32.6 Å². The molecule has 4 N–H and O–H groups in total. The Morgan fingerprint density at radius 2 is 1.79 bits per heavy atom. The average molecular weight is 586 g/mol. The fourth-order valence-electron chi connectivity index (χ4n) is 4.72. The fourth-order valence-corrected chi connectivity index (χ4v) is 4.72. The molecule has 0 aliphatic carbocycles. The predicted octanol–water partition coefficient (Wildman–Crippen LogP) is 5.06. The minimum Gasteiger partial charge on any atom is -0.495 e. The summed E-state index contributed by atoms with van der Waals surface area (Å²) in [6.45, 7) is 3.51. The highest BCUT2D eigenvalue weighted by molar-refractivity contribution is 5.95. The molecule has 3 aromatic rings. The second-order valence-corrected chi connectivity index (χ2v) is 10.1. The average Bonchev–Trinajstić information content (AvgIpc) is 2.94. The van der Waals surface area contributed by atoms with Crippen molar-refractivity contribution in [3.63, 3.8) is 0 Å². The number of nitrogens with zero attached hydrogens (tertiary/aromatic N) is 2. The van der Waals surface area contributed by atoms with Crippen LogP contribution in [0.2, 0.25) is 0 Å². The molecule has 0 spiro atoms. The number of likely N-dealkylation sites (tertiary alicyclic amines) is 1. The molecule has 12 heteroatoms. The van der Waals surface area contributed by atoms with Crippen molar-refractivity contribution in [2.45, 2.75) is 44.8 Å². The number of benzene rings is 2. The third-order valence-electron chi connectivity index (χ3n) is 7.07. The van der Waals surface area contributed by atoms with Crippen LogP contribution in [0.5, 0.6) is 17.4 Å². The highest BCUT2D eigenvalue weighted by atomic mass is 19.4. The van der Waals surface area contributed by atoms with Gasteiger partial charge < -0.3 is 30.7 Å². The Balaban J connectivity index is 1.65. The highest BCUT2D eigenvalue weighted by Crippen LogP contribution is 2.41. The third-order valence-corrected chi connectivity index (χ3v) is 7.07. The SMILES string of the molecule is CCc1cc(C(F)(F)F)c(Oc2ccccc2CC(N)=O)nc1Nc1ccc(C(=O)NC2CCN(C)CC2)cc1OC. The Morgan fingerprint density at radius 1 is 1.07 bits per heavy atom. The molecule has 1 saturated heterocycles. The molecular weight excluding hydrogens is 551 g/mol. The number of primary amides is 1. The number of piperidine rings is 1. The van der Waals surface area contributed by atoms with Gasteiger partial charge in [0, 0.05) is 17.2 Å². The van der Waals surface area contributed by atoms with E-state index in [1.807, 2.05) is 7.05 Å². The van der Waals surface area contributed by atoms with Crippen LogP contribution in [-0.4, -0.2) is 55.0 Å². The highest BCUT2D eigenvalue weighted by Gasteiger charge is 2.37. The van der Waals surface area contributed by atoms with Crippen molar-refractivity contribution in [1.29, 1.82) is 0 Å². The van der Waals surface area contributed by atoms with Crippen LogP contribution in [0.15, 0.2) is 48.5 Å². The summed E-state index contributed by atoms with van der Waals surface area (Å²) < 4.78 is 53.4. The molecule has 0 bridgehead atoms. The minimum absolute atomic E-state index is 0.0297. The van der Waals surface area contributed by atoms with E-state index in [1.54, 1.807) is 43.3 Å². The lowest BCUT2D eigenvalue weighted by Gasteiger charge is -2.29. The van der Waals surface area contributed by atoms with Crippen LogP contribution in [0.25, 0.3) is 0 Å². The smallest absolute Gasteiger partial charge is 0.421 e. The van der Waals surface area contributed by atoms with Gasteiger partial charge in [0.15, 0.2) is 0 Å². The Morgan fingerprint density at radius 3 is 2.43 bits per heavy atom. The number of hydrogen-bond acceptors (Lipinski definition) is 7. The summed E-state index contributed by atoms with van der Waals surface area (Å²) in [5.74, 6) is -1.12. The molecule has 1 aromatic heterocycles. The number of para-hydroxylation sites is 1. The molecule has 2 amide bonds. The van der Waals surface area contributed by atoms with Gasteiger partial charge in [-0.2, -0.15) is 18.2 Å². The Bertz CT molecular complexity index is 1440. The predicted molar refractivity (Wildman–Crippen MR) is 152 cm³/mol. The first-order chi connectivity index (χ1) is 20.0. The maximum Gasteiger partial charge on any atom is 0.421 e. The second-order valence-electron chi connectivity index (χ2n) is 10.1. The Hall–Kier alpha value is -4.32. The number of anilines is 2. The maximum absolute atomic E-state index is 14.1. The van der Waals surface area contributed by atoms with Gasteiger partial charge in [-0.05, 0) is 75.3 Å². The van der Waals surface area contributed by atoms with E-state index in [0.29, 0.717) is 22.6 Å². The molecule has 2 aromatic carbocycles. The van der Waals surface area contributed by atoms with Gasteiger partial charge >= 0.3 is 6.18 Å². The number of ether oxygens (including phenoxy) is 2. The standard InChI is InChI=1S/C30H34F3N5O4/c1-4-18-15-22(30(31,32)33)29(42-24-8-6-5-7-19(24)17-26(34)39)37-27(18)36-23-10-9-20(16-25(23)41-3)28(40)35-21-11-13-38(2)14-12-21/h5-10,15-16,21H,4,11-14,17H2,1-3H3,(H2,34,39)(H,35,40)(H,36,37). The van der Waals surface area contributed by atoms with Crippen molar-refractivity contribution in [3.8, 4) is 17.4 Å². The number of alkyl halides is 3. The van der Waals surface area contributed by atoms with Crippen molar-refractivity contribution >= 4 is 23.3 Å². The van der Waals surface area contributed by atoms with E-state index in [9.17, 15) is 22.8 Å². The molecule has 42 heavy (non-hydrogen) atoms. The van der Waals surface area contributed by atoms with Crippen molar-refractivity contribution in [3.05, 3.63) is 70.8 Å². The van der Waals surface area contributed by atoms with Gasteiger partial charge in [0.2, 0.25) is 11.8 Å². The molecule has 1 fully saturated rings. The lowest BCUT2D eigenvalue weighted by molar-refractivity contribution is -0.139. The lowest BCUT2D eigenvalue weighted by Crippen LogP contribution is -2.43. The molecule has 1 aliphatic heterocycles. The maximum atomic E-state index is 14.1. The monoisotopic (exact) mass is 585 g/mol. The zero-order valence-corrected chi connectivity index (χ0v) is 23.7. The van der Waals surface area contributed by atoms with Crippen LogP contribution < -0.4 is 25.8 Å². The van der Waals surface area contributed by atoms with Gasteiger partial charge in [-0.15, -0.1) is 0 Å². The number of methoxy groups -OCH3 is 1. The molecule has 2 heterocycles. The van der Waals surface area contributed by atoms with E-state index >= 15 is 0 Å². The first-order valence-corrected chi connectivity index (χ1v) is 13.6. The number of amides is 2. The van der Waals surface area contributed by atoms with Crippen LogP contribution in [0.3, 0.4) is 0 Å². The number of aromatic nitrogens is 1. The van der Waals surface area contributed by atoms with Crippen LogP contribution in [-0.2, 0) is 23.8 Å². The first kappa shape index (κ1) is 30.6. The van der Waals surface area contributed by atoms with E-state index in [0.717, 1.165) is 32.0 Å². The second kappa shape index (κ2) is 13.1. The molecule has 0 saturated carbocycles. The number of pyridine rings is 1. The van der Waals surface area contributed by atoms with Gasteiger partial charge in [-0.3, -0.25) is 9.59 Å². The molecule has 4 rings (SSSR count). The number of nitrogens with two attached hydrogens (primary N) is 1. The normalized spacial score (nSPS) is 14.3. The summed E-state index contributed by atoms with van der Waals surface area (Å²) in [6.07, 6.45) is -3.03. The summed E-state index contributed by atoms with van der Waals surface area (Å²) in [5, 5.41) is 6.11. The zero-order valence-electron chi connectivity index (χ0n) is 23.7. The number of carbonyl (C=O) groups excluding carboxylic acids is 2. The molecule has 9 nitrogen and oxygen atoms in total. The van der Waals surface area contributed by atoms with Gasteiger partial charge in [-0.1, -0.05) is 25.1 Å². The van der Waals surface area contributed by atoms with E-state index in [1.165, 1.54) is 13.2 Å². The molecule has 0 unspecified atom stereocenters. The van der Waals surface area contributed by atoms with Crippen molar-refractivity contribution in [1.82, 2.24) is 15.2 Å². The Labute approximate surface area is 242 Å². The lowest BCUT2D eigenvalue weighted by atomic mass is 10.0. The molecule has 0 atom stereocenters. The van der Waals surface area contributed by atoms with Crippen LogP contribution in [0, 0.1) is 0 Å². The molecule has 224 valence electrons. The van der Waals surface area contributed by atoms with Gasteiger partial charge in [0.1, 0.15) is 22.9 Å². The number of carbonyl (C=O) groups is 2. The van der Waals surface area contributed by atoms with E-state index in [2.05, 4.69) is 20.5 Å². The summed E-state index contributed by atoms with van der Waals surface area (Å²) >= 11 is 0. The quantitative estimate of drug-likeness (QED) is 0.304. The van der Waals surface area contributed by atoms with Crippen molar-refractivity contribution < 1.29 is 32.2 Å². The summed E-state index contributed by atoms with van der Waals surface area (Å²) in [7, 11) is 3.48. The number of aryl methyl sites for hydroxylation is 1. The van der Waals surface area contributed by atoms with Gasteiger partial charge in [0.25, 0.3) is 5.91 Å². The molecule has 1 aliphatic rings. The Kier molecular flexibility index (Phi) is 9.56. The summed E-state index contributed by atoms with van der Waals surface area (Å²) in [6, 6.07) is 12.0. The summed E-state index contributed by atoms with van der Waals surface area (Å²) in [4.78, 5) is 30.9. The first-order valence-electron chi connectivity index (χ1n) is 13.6. The van der Waals surface area contributed by atoms with Gasteiger partial charge in [0.05, 0.1) is 19.2 Å². The van der Waals surface area contributed by atoms with Crippen molar-refractivity contribution in [2.24, 2.45) is 5.73 Å².